The first-order valence-electron chi connectivity index (χ1n) is 8.84. The van der Waals surface area contributed by atoms with E-state index in [1.165, 1.54) is 23.9 Å². The predicted octanol–water partition coefficient (Wildman–Crippen LogP) is 3.22. The zero-order valence-electron chi connectivity index (χ0n) is 15.0. The van der Waals surface area contributed by atoms with Crippen molar-refractivity contribution in [3.63, 3.8) is 0 Å². The van der Waals surface area contributed by atoms with Crippen LogP contribution < -0.4 is 4.90 Å². The molecule has 3 heterocycles. The van der Waals surface area contributed by atoms with Crippen LogP contribution in [0.2, 0.25) is 0 Å². The Morgan fingerprint density at radius 2 is 1.93 bits per heavy atom. The largest absolute Gasteiger partial charge is 0.440 e. The molecule has 3 aromatic rings. The topological polar surface area (TPSA) is 69.2 Å². The third kappa shape index (κ3) is 3.98. The first-order valence-corrected chi connectivity index (χ1v) is 9.82. The van der Waals surface area contributed by atoms with Crippen LogP contribution in [0.4, 0.5) is 10.3 Å². The van der Waals surface area contributed by atoms with Gasteiger partial charge in [0, 0.05) is 25.2 Å². The van der Waals surface area contributed by atoms with Gasteiger partial charge in [0.05, 0.1) is 25.2 Å². The molecule has 1 aliphatic rings. The number of thioether (sulfide) groups is 1. The van der Waals surface area contributed by atoms with Crippen molar-refractivity contribution in [1.29, 1.82) is 0 Å². The third-order valence-corrected chi connectivity index (χ3v) is 5.27. The van der Waals surface area contributed by atoms with Gasteiger partial charge >= 0.3 is 0 Å². The SMILES string of the molecule is CCn1c(SCc2ncc(-c3ccc(F)cc3)o2)nnc1N1CCOCC1. The van der Waals surface area contributed by atoms with Crippen LogP contribution in [0.15, 0.2) is 40.0 Å². The van der Waals surface area contributed by atoms with Crippen LogP contribution in [0, 0.1) is 5.82 Å². The minimum Gasteiger partial charge on any atom is -0.440 e. The van der Waals surface area contributed by atoms with Gasteiger partial charge in [-0.2, -0.15) is 0 Å². The normalized spacial score (nSPS) is 14.7. The summed E-state index contributed by atoms with van der Waals surface area (Å²) in [6.07, 6.45) is 1.66. The van der Waals surface area contributed by atoms with E-state index in [0.29, 0.717) is 30.6 Å². The molecule has 0 N–H and O–H groups in total. The van der Waals surface area contributed by atoms with E-state index in [-0.39, 0.29) is 5.82 Å². The number of oxazole rings is 1. The quantitative estimate of drug-likeness (QED) is 0.600. The second kappa shape index (κ2) is 8.10. The van der Waals surface area contributed by atoms with E-state index in [0.717, 1.165) is 36.3 Å². The molecule has 0 unspecified atom stereocenters. The summed E-state index contributed by atoms with van der Waals surface area (Å²) in [5.41, 5.74) is 0.798. The lowest BCUT2D eigenvalue weighted by molar-refractivity contribution is 0.121. The average molecular weight is 389 g/mol. The number of rotatable bonds is 6. The molecule has 4 rings (SSSR count). The lowest BCUT2D eigenvalue weighted by Gasteiger charge is -2.27. The second-order valence-electron chi connectivity index (χ2n) is 6.04. The molecule has 1 fully saturated rings. The molecule has 0 aliphatic carbocycles. The maximum atomic E-state index is 13.0. The number of hydrogen-bond acceptors (Lipinski definition) is 7. The van der Waals surface area contributed by atoms with E-state index in [1.807, 2.05) is 0 Å². The molecule has 1 aliphatic heterocycles. The molecule has 2 aromatic heterocycles. The maximum Gasteiger partial charge on any atom is 0.228 e. The average Bonchev–Trinajstić information content (AvgIpc) is 3.34. The van der Waals surface area contributed by atoms with Crippen LogP contribution in [0.3, 0.4) is 0 Å². The van der Waals surface area contributed by atoms with Crippen LogP contribution >= 0.6 is 11.8 Å². The molecule has 7 nitrogen and oxygen atoms in total. The summed E-state index contributed by atoms with van der Waals surface area (Å²) in [5.74, 6) is 2.36. The Morgan fingerprint density at radius 1 is 1.15 bits per heavy atom. The molecular weight excluding hydrogens is 369 g/mol. The van der Waals surface area contributed by atoms with E-state index in [9.17, 15) is 4.39 Å². The van der Waals surface area contributed by atoms with Gasteiger partial charge in [-0.3, -0.25) is 4.57 Å². The Labute approximate surface area is 160 Å². The van der Waals surface area contributed by atoms with Gasteiger partial charge in [-0.25, -0.2) is 9.37 Å². The summed E-state index contributed by atoms with van der Waals surface area (Å²) in [4.78, 5) is 6.51. The smallest absolute Gasteiger partial charge is 0.228 e. The number of benzene rings is 1. The molecule has 142 valence electrons. The minimum absolute atomic E-state index is 0.274. The van der Waals surface area contributed by atoms with Gasteiger partial charge in [0.25, 0.3) is 0 Å². The van der Waals surface area contributed by atoms with Gasteiger partial charge in [-0.15, -0.1) is 10.2 Å². The highest BCUT2D eigenvalue weighted by atomic mass is 32.2. The van der Waals surface area contributed by atoms with Gasteiger partial charge in [-0.05, 0) is 31.2 Å². The fourth-order valence-corrected chi connectivity index (χ4v) is 3.76. The zero-order chi connectivity index (χ0) is 18.6. The fraction of sp³-hybridized carbons (Fsp3) is 0.389. The Morgan fingerprint density at radius 3 is 2.67 bits per heavy atom. The van der Waals surface area contributed by atoms with E-state index < -0.39 is 0 Å². The molecule has 0 atom stereocenters. The number of hydrogen-bond donors (Lipinski definition) is 0. The fourth-order valence-electron chi connectivity index (χ4n) is 2.91. The van der Waals surface area contributed by atoms with Crippen molar-refractivity contribution in [2.24, 2.45) is 0 Å². The number of aromatic nitrogens is 4. The maximum absolute atomic E-state index is 13.0. The molecule has 0 radical (unpaired) electrons. The van der Waals surface area contributed by atoms with Crippen LogP contribution in [0.5, 0.6) is 0 Å². The molecule has 9 heteroatoms. The highest BCUT2D eigenvalue weighted by Gasteiger charge is 2.20. The van der Waals surface area contributed by atoms with Crippen LogP contribution in [-0.4, -0.2) is 46.1 Å². The van der Waals surface area contributed by atoms with Gasteiger partial charge in [0.1, 0.15) is 5.82 Å². The summed E-state index contributed by atoms with van der Waals surface area (Å²) in [6, 6.07) is 6.16. The summed E-state index contributed by atoms with van der Waals surface area (Å²) in [7, 11) is 0. The molecule has 27 heavy (non-hydrogen) atoms. The number of anilines is 1. The van der Waals surface area contributed by atoms with Crippen molar-refractivity contribution >= 4 is 17.7 Å². The predicted molar refractivity (Wildman–Crippen MR) is 100 cm³/mol. The van der Waals surface area contributed by atoms with E-state index >= 15 is 0 Å². The molecule has 0 saturated carbocycles. The summed E-state index contributed by atoms with van der Waals surface area (Å²) >= 11 is 1.54. The van der Waals surface area contributed by atoms with Crippen LogP contribution in [0.1, 0.15) is 12.8 Å². The highest BCUT2D eigenvalue weighted by molar-refractivity contribution is 7.98. The number of morpholine rings is 1. The monoisotopic (exact) mass is 389 g/mol. The van der Waals surface area contributed by atoms with Gasteiger partial charge < -0.3 is 14.1 Å². The van der Waals surface area contributed by atoms with Gasteiger partial charge in [-0.1, -0.05) is 11.8 Å². The molecular formula is C18H20FN5O2S. The van der Waals surface area contributed by atoms with Gasteiger partial charge in [0.2, 0.25) is 11.8 Å². The summed E-state index contributed by atoms with van der Waals surface area (Å²) < 4.78 is 26.3. The number of ether oxygens (including phenoxy) is 1. The van der Waals surface area contributed by atoms with E-state index in [2.05, 4.69) is 31.6 Å². The summed E-state index contributed by atoms with van der Waals surface area (Å²) in [5, 5.41) is 9.53. The number of halogens is 1. The van der Waals surface area contributed by atoms with Crippen LogP contribution in [0.25, 0.3) is 11.3 Å². The van der Waals surface area contributed by atoms with Crippen molar-refractivity contribution in [3.05, 3.63) is 42.2 Å². The third-order valence-electron chi connectivity index (χ3n) is 4.31. The van der Waals surface area contributed by atoms with Crippen molar-refractivity contribution in [2.75, 3.05) is 31.2 Å². The Balaban J connectivity index is 1.44. The Hall–Kier alpha value is -2.39. The Bertz CT molecular complexity index is 890. The standard InChI is InChI=1S/C18H20FN5O2S/c1-2-24-17(23-7-9-25-10-8-23)21-22-18(24)27-12-16-20-11-15(26-16)13-3-5-14(19)6-4-13/h3-6,11H,2,7-10,12H2,1H3. The minimum atomic E-state index is -0.274. The van der Waals surface area contributed by atoms with Crippen molar-refractivity contribution in [1.82, 2.24) is 19.7 Å². The van der Waals surface area contributed by atoms with E-state index in [4.69, 9.17) is 9.15 Å². The van der Waals surface area contributed by atoms with Crippen molar-refractivity contribution in [2.45, 2.75) is 24.4 Å². The van der Waals surface area contributed by atoms with Crippen molar-refractivity contribution < 1.29 is 13.5 Å². The first-order chi connectivity index (χ1) is 13.2. The second-order valence-corrected chi connectivity index (χ2v) is 6.98. The molecule has 1 aromatic carbocycles. The first kappa shape index (κ1) is 18.0. The summed E-state index contributed by atoms with van der Waals surface area (Å²) in [6.45, 7) is 5.93. The molecule has 0 bridgehead atoms. The number of nitrogens with zero attached hydrogens (tertiary/aromatic N) is 5. The zero-order valence-corrected chi connectivity index (χ0v) is 15.8. The van der Waals surface area contributed by atoms with Crippen molar-refractivity contribution in [3.8, 4) is 11.3 Å². The molecule has 0 spiro atoms. The lowest BCUT2D eigenvalue weighted by atomic mass is 10.2. The van der Waals surface area contributed by atoms with E-state index in [1.54, 1.807) is 18.3 Å². The van der Waals surface area contributed by atoms with Gasteiger partial charge in [0.15, 0.2) is 10.9 Å². The highest BCUT2D eigenvalue weighted by Crippen LogP contribution is 2.27. The molecule has 1 saturated heterocycles. The molecule has 0 amide bonds. The Kier molecular flexibility index (Phi) is 5.40. The lowest BCUT2D eigenvalue weighted by Crippen LogP contribution is -2.38. The van der Waals surface area contributed by atoms with Crippen LogP contribution in [-0.2, 0) is 17.0 Å².